The minimum Gasteiger partial charge on any atom is -0.308 e. The number of nitrogens with one attached hydrogen (secondary N) is 1. The van der Waals surface area contributed by atoms with Gasteiger partial charge < -0.3 is 10.2 Å². The normalized spacial score (nSPS) is 19.4. The summed E-state index contributed by atoms with van der Waals surface area (Å²) in [4.78, 5) is 3.96. The van der Waals surface area contributed by atoms with Crippen LogP contribution in [0.1, 0.15) is 17.8 Å². The summed E-state index contributed by atoms with van der Waals surface area (Å²) in [6.45, 7) is 7.01. The van der Waals surface area contributed by atoms with Crippen LogP contribution in [-0.4, -0.2) is 42.6 Å². The van der Waals surface area contributed by atoms with E-state index in [0.717, 1.165) is 6.54 Å². The maximum Gasteiger partial charge on any atom is 0.0386 e. The number of rotatable bonds is 5. The number of nitrogens with zero attached hydrogens (tertiary/aromatic N) is 1. The molecule has 1 aromatic rings. The Kier molecular flexibility index (Phi) is 5.83. The average Bonchev–Trinajstić information content (AvgIpc) is 2.77. The molecular weight excluding hydrogens is 316 g/mol. The van der Waals surface area contributed by atoms with Crippen molar-refractivity contribution in [3.05, 3.63) is 20.8 Å². The van der Waals surface area contributed by atoms with E-state index in [4.69, 9.17) is 0 Å². The minimum absolute atomic E-state index is 0.463. The van der Waals surface area contributed by atoms with Gasteiger partial charge in [0.05, 0.1) is 0 Å². The fraction of sp³-hybridized carbons (Fsp3) is 0.667. The predicted molar refractivity (Wildman–Crippen MR) is 82.2 cm³/mol. The van der Waals surface area contributed by atoms with Gasteiger partial charge in [0.25, 0.3) is 0 Å². The monoisotopic (exact) mass is 334 g/mol. The summed E-state index contributed by atoms with van der Waals surface area (Å²) >= 11 is 7.39. The molecule has 2 heterocycles. The first-order valence-electron chi connectivity index (χ1n) is 6.03. The van der Waals surface area contributed by atoms with Crippen molar-refractivity contribution in [3.63, 3.8) is 0 Å². The van der Waals surface area contributed by atoms with Crippen LogP contribution >= 0.6 is 39.0 Å². The lowest BCUT2D eigenvalue weighted by Gasteiger charge is -2.26. The molecule has 0 bridgehead atoms. The summed E-state index contributed by atoms with van der Waals surface area (Å²) in [6.07, 6.45) is 0. The molecule has 1 aliphatic rings. The first kappa shape index (κ1) is 13.9. The molecule has 5 heteroatoms. The van der Waals surface area contributed by atoms with Gasteiger partial charge in [0.15, 0.2) is 0 Å². The molecule has 1 fully saturated rings. The highest BCUT2D eigenvalue weighted by molar-refractivity contribution is 9.10. The van der Waals surface area contributed by atoms with Gasteiger partial charge in [-0.25, -0.2) is 0 Å². The fourth-order valence-electron chi connectivity index (χ4n) is 1.92. The zero-order valence-electron chi connectivity index (χ0n) is 10.1. The molecule has 1 atom stereocenters. The van der Waals surface area contributed by atoms with Crippen LogP contribution in [0.15, 0.2) is 15.9 Å². The van der Waals surface area contributed by atoms with Crippen molar-refractivity contribution in [3.8, 4) is 0 Å². The Labute approximate surface area is 120 Å². The largest absolute Gasteiger partial charge is 0.308 e. The van der Waals surface area contributed by atoms with Crippen molar-refractivity contribution in [1.82, 2.24) is 10.2 Å². The van der Waals surface area contributed by atoms with E-state index in [9.17, 15) is 0 Å². The molecule has 0 saturated carbocycles. The summed E-state index contributed by atoms with van der Waals surface area (Å²) in [5.74, 6) is 2.60. The van der Waals surface area contributed by atoms with Gasteiger partial charge in [0.2, 0.25) is 0 Å². The van der Waals surface area contributed by atoms with Gasteiger partial charge >= 0.3 is 0 Å². The molecule has 1 aliphatic heterocycles. The first-order valence-corrected chi connectivity index (χ1v) is 8.86. The molecule has 0 spiro atoms. The van der Waals surface area contributed by atoms with E-state index in [2.05, 4.69) is 56.3 Å². The number of halogens is 1. The van der Waals surface area contributed by atoms with Crippen LogP contribution in [-0.2, 0) is 0 Å². The molecule has 2 nitrogen and oxygen atoms in total. The SMILES string of the molecule is CC(NCCN1CCSCC1)c1cc(Br)cs1. The Hall–Kier alpha value is 0.450. The molecule has 1 N–H and O–H groups in total. The molecular formula is C12H19BrN2S2. The van der Waals surface area contributed by atoms with Crippen molar-refractivity contribution in [2.24, 2.45) is 0 Å². The minimum atomic E-state index is 0.463. The molecule has 0 amide bonds. The molecule has 0 aromatic carbocycles. The first-order chi connectivity index (χ1) is 8.25. The van der Waals surface area contributed by atoms with Crippen LogP contribution in [0.4, 0.5) is 0 Å². The van der Waals surface area contributed by atoms with Crippen LogP contribution in [0.2, 0.25) is 0 Å². The van der Waals surface area contributed by atoms with Crippen LogP contribution in [0.3, 0.4) is 0 Å². The predicted octanol–water partition coefficient (Wildman–Crippen LogP) is 3.21. The highest BCUT2D eigenvalue weighted by Gasteiger charge is 2.11. The lowest BCUT2D eigenvalue weighted by atomic mass is 10.3. The van der Waals surface area contributed by atoms with Gasteiger partial charge in [-0.1, -0.05) is 0 Å². The summed E-state index contributed by atoms with van der Waals surface area (Å²) in [5.41, 5.74) is 0. The van der Waals surface area contributed by atoms with E-state index < -0.39 is 0 Å². The number of hydrogen-bond acceptors (Lipinski definition) is 4. The van der Waals surface area contributed by atoms with Crippen molar-refractivity contribution in [2.45, 2.75) is 13.0 Å². The lowest BCUT2D eigenvalue weighted by molar-refractivity contribution is 0.297. The Morgan fingerprint density at radius 1 is 1.47 bits per heavy atom. The van der Waals surface area contributed by atoms with Gasteiger partial charge in [-0.05, 0) is 28.9 Å². The average molecular weight is 335 g/mol. The molecule has 1 unspecified atom stereocenters. The maximum atomic E-state index is 3.60. The second-order valence-corrected chi connectivity index (χ2v) is 7.38. The molecule has 0 aliphatic carbocycles. The molecule has 1 aromatic heterocycles. The quantitative estimate of drug-likeness (QED) is 0.890. The van der Waals surface area contributed by atoms with Crippen molar-refractivity contribution in [1.29, 1.82) is 0 Å². The van der Waals surface area contributed by atoms with E-state index in [0.29, 0.717) is 6.04 Å². The summed E-state index contributed by atoms with van der Waals surface area (Å²) in [5, 5.41) is 5.75. The molecule has 2 rings (SSSR count). The van der Waals surface area contributed by atoms with Crippen molar-refractivity contribution >= 4 is 39.0 Å². The second kappa shape index (κ2) is 7.14. The fourth-order valence-corrected chi connectivity index (χ4v) is 4.38. The number of thioether (sulfide) groups is 1. The van der Waals surface area contributed by atoms with Gasteiger partial charge in [0.1, 0.15) is 0 Å². The zero-order valence-corrected chi connectivity index (χ0v) is 13.3. The van der Waals surface area contributed by atoms with Gasteiger partial charge in [-0.15, -0.1) is 11.3 Å². The Balaban J connectivity index is 1.67. The van der Waals surface area contributed by atoms with Gasteiger partial charge in [-0.3, -0.25) is 0 Å². The molecule has 17 heavy (non-hydrogen) atoms. The van der Waals surface area contributed by atoms with Crippen LogP contribution in [0.5, 0.6) is 0 Å². The molecule has 1 saturated heterocycles. The van der Waals surface area contributed by atoms with Crippen LogP contribution < -0.4 is 5.32 Å². The third kappa shape index (κ3) is 4.56. The van der Waals surface area contributed by atoms with E-state index in [1.165, 1.54) is 40.5 Å². The van der Waals surface area contributed by atoms with E-state index in [1.807, 2.05) is 11.3 Å². The Morgan fingerprint density at radius 3 is 2.88 bits per heavy atom. The smallest absolute Gasteiger partial charge is 0.0386 e. The summed E-state index contributed by atoms with van der Waals surface area (Å²) in [7, 11) is 0. The molecule has 0 radical (unpaired) electrons. The highest BCUT2D eigenvalue weighted by atomic mass is 79.9. The van der Waals surface area contributed by atoms with E-state index in [-0.39, 0.29) is 0 Å². The van der Waals surface area contributed by atoms with Gasteiger partial charge in [-0.2, -0.15) is 11.8 Å². The maximum absolute atomic E-state index is 3.60. The zero-order chi connectivity index (χ0) is 12.1. The number of hydrogen-bond donors (Lipinski definition) is 1. The summed E-state index contributed by atoms with van der Waals surface area (Å²) < 4.78 is 1.19. The Morgan fingerprint density at radius 2 is 2.24 bits per heavy atom. The number of thiophene rings is 1. The third-order valence-electron chi connectivity index (χ3n) is 3.00. The van der Waals surface area contributed by atoms with Crippen LogP contribution in [0, 0.1) is 0 Å². The standard InChI is InChI=1S/C12H19BrN2S2/c1-10(12-8-11(13)9-17-12)14-2-3-15-4-6-16-7-5-15/h8-10,14H,2-7H2,1H3. The summed E-state index contributed by atoms with van der Waals surface area (Å²) in [6, 6.07) is 2.67. The second-order valence-electron chi connectivity index (χ2n) is 4.30. The topological polar surface area (TPSA) is 15.3 Å². The lowest BCUT2D eigenvalue weighted by Crippen LogP contribution is -2.38. The molecule has 96 valence electrons. The van der Waals surface area contributed by atoms with Gasteiger partial charge in [0, 0.05) is 58.5 Å². The highest BCUT2D eigenvalue weighted by Crippen LogP contribution is 2.25. The third-order valence-corrected chi connectivity index (χ3v) is 5.82. The Bertz CT molecular complexity index is 337. The van der Waals surface area contributed by atoms with E-state index in [1.54, 1.807) is 0 Å². The van der Waals surface area contributed by atoms with Crippen molar-refractivity contribution in [2.75, 3.05) is 37.7 Å². The van der Waals surface area contributed by atoms with E-state index >= 15 is 0 Å². The van der Waals surface area contributed by atoms with Crippen LogP contribution in [0.25, 0.3) is 0 Å². The van der Waals surface area contributed by atoms with Crippen molar-refractivity contribution < 1.29 is 0 Å².